The Hall–Kier alpha value is -2.02. The van der Waals surface area contributed by atoms with Crippen LogP contribution >= 0.6 is 0 Å². The molecular formula is C13H14N2O2. The number of hydrogen-bond donors (Lipinski definition) is 0. The lowest BCUT2D eigenvalue weighted by Gasteiger charge is -2.15. The molecule has 1 saturated heterocycles. The summed E-state index contributed by atoms with van der Waals surface area (Å²) in [6, 6.07) is 9.76. The summed E-state index contributed by atoms with van der Waals surface area (Å²) in [5.74, 6) is 0.713. The molecule has 0 aliphatic carbocycles. The van der Waals surface area contributed by atoms with E-state index in [9.17, 15) is 4.79 Å². The van der Waals surface area contributed by atoms with Crippen LogP contribution in [0.4, 0.5) is 0 Å². The van der Waals surface area contributed by atoms with Crippen LogP contribution in [0.15, 0.2) is 24.3 Å². The molecule has 1 atom stereocenters. The van der Waals surface area contributed by atoms with E-state index in [1.807, 2.05) is 24.3 Å². The monoisotopic (exact) mass is 230 g/mol. The zero-order chi connectivity index (χ0) is 12.3. The van der Waals surface area contributed by atoms with Gasteiger partial charge in [0, 0.05) is 19.5 Å². The fraction of sp³-hybridized carbons (Fsp3) is 0.385. The summed E-state index contributed by atoms with van der Waals surface area (Å²) in [6.45, 7) is 1.11. The van der Waals surface area contributed by atoms with E-state index in [1.54, 1.807) is 12.0 Å². The molecule has 0 unspecified atom stereocenters. The molecule has 0 N–H and O–H groups in total. The minimum Gasteiger partial charge on any atom is -0.497 e. The maximum absolute atomic E-state index is 11.6. The van der Waals surface area contributed by atoms with Crippen LogP contribution in [0.25, 0.3) is 0 Å². The van der Waals surface area contributed by atoms with E-state index in [0.29, 0.717) is 19.5 Å². The van der Waals surface area contributed by atoms with E-state index >= 15 is 0 Å². The molecular weight excluding hydrogens is 216 g/mol. The summed E-state index contributed by atoms with van der Waals surface area (Å²) in [6.07, 6.45) is 0.354. The molecule has 1 aliphatic rings. The number of ether oxygens (including phenoxy) is 1. The summed E-state index contributed by atoms with van der Waals surface area (Å²) in [4.78, 5) is 13.4. The lowest BCUT2D eigenvalue weighted by atomic mass is 10.1. The van der Waals surface area contributed by atoms with E-state index in [-0.39, 0.29) is 11.8 Å². The maximum Gasteiger partial charge on any atom is 0.224 e. The molecule has 0 radical (unpaired) electrons. The number of carbonyl (C=O) groups is 1. The van der Waals surface area contributed by atoms with E-state index < -0.39 is 0 Å². The number of carbonyl (C=O) groups excluding carboxylic acids is 1. The molecule has 0 aromatic heterocycles. The van der Waals surface area contributed by atoms with Crippen molar-refractivity contribution in [3.05, 3.63) is 29.8 Å². The van der Waals surface area contributed by atoms with Gasteiger partial charge in [-0.15, -0.1) is 0 Å². The van der Waals surface area contributed by atoms with Gasteiger partial charge in [-0.3, -0.25) is 4.79 Å². The van der Waals surface area contributed by atoms with Gasteiger partial charge in [0.15, 0.2) is 0 Å². The van der Waals surface area contributed by atoms with Gasteiger partial charge in [0.05, 0.1) is 19.1 Å². The predicted octanol–water partition coefficient (Wildman–Crippen LogP) is 1.57. The third kappa shape index (κ3) is 2.56. The number of nitriles is 1. The number of benzene rings is 1. The molecule has 0 bridgehead atoms. The highest BCUT2D eigenvalue weighted by Crippen LogP contribution is 2.20. The van der Waals surface area contributed by atoms with Gasteiger partial charge >= 0.3 is 0 Å². The number of amides is 1. The fourth-order valence-corrected chi connectivity index (χ4v) is 1.96. The molecule has 88 valence electrons. The van der Waals surface area contributed by atoms with Crippen LogP contribution in [0.2, 0.25) is 0 Å². The van der Waals surface area contributed by atoms with Crippen molar-refractivity contribution in [2.45, 2.75) is 13.0 Å². The Kier molecular flexibility index (Phi) is 3.29. The zero-order valence-electron chi connectivity index (χ0n) is 9.72. The first-order chi connectivity index (χ1) is 8.22. The highest BCUT2D eigenvalue weighted by molar-refractivity contribution is 5.79. The van der Waals surface area contributed by atoms with Crippen LogP contribution in [0.1, 0.15) is 12.0 Å². The first-order valence-electron chi connectivity index (χ1n) is 5.53. The smallest absolute Gasteiger partial charge is 0.224 e. The van der Waals surface area contributed by atoms with Crippen molar-refractivity contribution in [3.63, 3.8) is 0 Å². The largest absolute Gasteiger partial charge is 0.497 e. The summed E-state index contributed by atoms with van der Waals surface area (Å²) >= 11 is 0. The van der Waals surface area contributed by atoms with Crippen molar-refractivity contribution in [1.29, 1.82) is 5.26 Å². The number of nitrogens with zero attached hydrogens (tertiary/aromatic N) is 2. The second kappa shape index (κ2) is 4.88. The van der Waals surface area contributed by atoms with Gasteiger partial charge in [-0.25, -0.2) is 0 Å². The minimum absolute atomic E-state index is 0.0624. The van der Waals surface area contributed by atoms with Crippen LogP contribution in [0.5, 0.6) is 5.75 Å². The standard InChI is InChI=1S/C13H14N2O2/c1-17-12-4-2-10(3-5-12)8-15-9-11(7-14)6-13(15)16/h2-5,11H,6,8-9H2,1H3/t11-/m0/s1. The number of rotatable bonds is 3. The Labute approximate surface area is 100 Å². The van der Waals surface area contributed by atoms with Gasteiger partial charge in [-0.1, -0.05) is 12.1 Å². The summed E-state index contributed by atoms with van der Waals surface area (Å²) in [5.41, 5.74) is 1.05. The third-order valence-corrected chi connectivity index (χ3v) is 2.93. The van der Waals surface area contributed by atoms with E-state index in [4.69, 9.17) is 10.00 Å². The quantitative estimate of drug-likeness (QED) is 0.792. The predicted molar refractivity (Wildman–Crippen MR) is 62.1 cm³/mol. The fourth-order valence-electron chi connectivity index (χ4n) is 1.96. The van der Waals surface area contributed by atoms with Crippen LogP contribution in [-0.2, 0) is 11.3 Å². The van der Waals surface area contributed by atoms with Gasteiger partial charge < -0.3 is 9.64 Å². The molecule has 1 aromatic rings. The van der Waals surface area contributed by atoms with Crippen LogP contribution in [0, 0.1) is 17.2 Å². The number of likely N-dealkylation sites (tertiary alicyclic amines) is 1. The molecule has 4 heteroatoms. The molecule has 1 fully saturated rings. The molecule has 1 aliphatic heterocycles. The SMILES string of the molecule is COc1ccc(CN2C[C@H](C#N)CC2=O)cc1. The lowest BCUT2D eigenvalue weighted by molar-refractivity contribution is -0.128. The van der Waals surface area contributed by atoms with Crippen molar-refractivity contribution in [1.82, 2.24) is 4.90 Å². The first kappa shape index (κ1) is 11.5. The van der Waals surface area contributed by atoms with Gasteiger partial charge in [-0.05, 0) is 17.7 Å². The average molecular weight is 230 g/mol. The topological polar surface area (TPSA) is 53.3 Å². The van der Waals surface area contributed by atoms with Gasteiger partial charge in [-0.2, -0.15) is 5.26 Å². The molecule has 17 heavy (non-hydrogen) atoms. The van der Waals surface area contributed by atoms with Crippen molar-refractivity contribution in [2.24, 2.45) is 5.92 Å². The Balaban J connectivity index is 2.01. The number of methoxy groups -OCH3 is 1. The highest BCUT2D eigenvalue weighted by atomic mass is 16.5. The van der Waals surface area contributed by atoms with Crippen molar-refractivity contribution in [3.8, 4) is 11.8 Å². The van der Waals surface area contributed by atoms with Crippen molar-refractivity contribution in [2.75, 3.05) is 13.7 Å². The van der Waals surface area contributed by atoms with E-state index in [0.717, 1.165) is 11.3 Å². The molecule has 1 amide bonds. The number of hydrogen-bond acceptors (Lipinski definition) is 3. The van der Waals surface area contributed by atoms with Crippen LogP contribution < -0.4 is 4.74 Å². The Morgan fingerprint density at radius 2 is 2.18 bits per heavy atom. The molecule has 2 rings (SSSR count). The third-order valence-electron chi connectivity index (χ3n) is 2.93. The highest BCUT2D eigenvalue weighted by Gasteiger charge is 2.29. The lowest BCUT2D eigenvalue weighted by Crippen LogP contribution is -2.24. The molecule has 1 aromatic carbocycles. The molecule has 0 spiro atoms. The second-order valence-electron chi connectivity index (χ2n) is 4.15. The van der Waals surface area contributed by atoms with Crippen LogP contribution in [0.3, 0.4) is 0 Å². The molecule has 4 nitrogen and oxygen atoms in total. The second-order valence-corrected chi connectivity index (χ2v) is 4.15. The van der Waals surface area contributed by atoms with Crippen molar-refractivity contribution >= 4 is 5.91 Å². The van der Waals surface area contributed by atoms with Crippen LogP contribution in [-0.4, -0.2) is 24.5 Å². The summed E-state index contributed by atoms with van der Waals surface area (Å²) in [7, 11) is 1.62. The molecule has 1 heterocycles. The maximum atomic E-state index is 11.6. The molecule has 0 saturated carbocycles. The normalized spacial score (nSPS) is 19.2. The van der Waals surface area contributed by atoms with Gasteiger partial charge in [0.1, 0.15) is 5.75 Å². The summed E-state index contributed by atoms with van der Waals surface area (Å²) < 4.78 is 5.07. The van der Waals surface area contributed by atoms with Crippen molar-refractivity contribution < 1.29 is 9.53 Å². The first-order valence-corrected chi connectivity index (χ1v) is 5.53. The Morgan fingerprint density at radius 1 is 1.47 bits per heavy atom. The van der Waals surface area contributed by atoms with E-state index in [1.165, 1.54) is 0 Å². The van der Waals surface area contributed by atoms with E-state index in [2.05, 4.69) is 6.07 Å². The Bertz CT molecular complexity index is 447. The van der Waals surface area contributed by atoms with Gasteiger partial charge in [0.25, 0.3) is 0 Å². The van der Waals surface area contributed by atoms with Gasteiger partial charge in [0.2, 0.25) is 5.91 Å². The Morgan fingerprint density at radius 3 is 2.71 bits per heavy atom. The average Bonchev–Trinajstić information content (AvgIpc) is 2.71. The zero-order valence-corrected chi connectivity index (χ0v) is 9.72. The minimum atomic E-state index is -0.152. The summed E-state index contributed by atoms with van der Waals surface area (Å²) in [5, 5.41) is 8.79.